The number of aromatic nitrogens is 1. The molecule has 15 heavy (non-hydrogen) atoms. The third-order valence-corrected chi connectivity index (χ3v) is 1.92. The van der Waals surface area contributed by atoms with Crippen LogP contribution < -0.4 is 11.4 Å². The average molecular weight is 213 g/mol. The maximum atomic E-state index is 11.4. The van der Waals surface area contributed by atoms with Crippen molar-refractivity contribution < 1.29 is 13.9 Å². The van der Waals surface area contributed by atoms with E-state index in [-0.39, 0.29) is 17.9 Å². The number of rotatable bonds is 2. The van der Waals surface area contributed by atoms with Crippen LogP contribution in [-0.2, 0) is 11.8 Å². The van der Waals surface area contributed by atoms with Crippen LogP contribution >= 0.6 is 0 Å². The van der Waals surface area contributed by atoms with Gasteiger partial charge < -0.3 is 9.15 Å². The lowest BCUT2D eigenvalue weighted by Gasteiger charge is -2.07. The van der Waals surface area contributed by atoms with Crippen molar-refractivity contribution in [2.45, 2.75) is 13.8 Å². The number of carbonyl (C=O) groups is 1. The van der Waals surface area contributed by atoms with Crippen molar-refractivity contribution in [3.8, 4) is 0 Å². The molecule has 0 aliphatic carbocycles. The first-order chi connectivity index (χ1) is 6.99. The SMILES string of the molecule is CCOC(=O)c1c(C)c(=O)oc(=O)n1C. The number of hydrogen-bond acceptors (Lipinski definition) is 5. The molecule has 0 bridgehead atoms. The van der Waals surface area contributed by atoms with Gasteiger partial charge in [-0.05, 0) is 13.8 Å². The van der Waals surface area contributed by atoms with E-state index in [0.29, 0.717) is 0 Å². The second-order valence-corrected chi connectivity index (χ2v) is 2.91. The predicted octanol–water partition coefficient (Wildman–Crippen LogP) is -0.176. The number of esters is 1. The molecular weight excluding hydrogens is 202 g/mol. The monoisotopic (exact) mass is 213 g/mol. The Bertz CT molecular complexity index is 462. The van der Waals surface area contributed by atoms with Gasteiger partial charge in [0.2, 0.25) is 0 Å². The second-order valence-electron chi connectivity index (χ2n) is 2.91. The van der Waals surface area contributed by atoms with E-state index in [4.69, 9.17) is 4.74 Å². The van der Waals surface area contributed by atoms with E-state index in [1.165, 1.54) is 14.0 Å². The topological polar surface area (TPSA) is 78.5 Å². The minimum atomic E-state index is -0.881. The Morgan fingerprint density at radius 3 is 2.60 bits per heavy atom. The van der Waals surface area contributed by atoms with Crippen LogP contribution in [0.2, 0.25) is 0 Å². The molecule has 0 fully saturated rings. The van der Waals surface area contributed by atoms with E-state index in [1.807, 2.05) is 0 Å². The third kappa shape index (κ3) is 1.98. The summed E-state index contributed by atoms with van der Waals surface area (Å²) >= 11 is 0. The molecule has 0 saturated carbocycles. The highest BCUT2D eigenvalue weighted by Crippen LogP contribution is 2.01. The summed E-state index contributed by atoms with van der Waals surface area (Å²) in [5, 5.41) is 0. The van der Waals surface area contributed by atoms with Crippen molar-refractivity contribution in [3.05, 3.63) is 32.2 Å². The van der Waals surface area contributed by atoms with Crippen molar-refractivity contribution in [2.75, 3.05) is 6.61 Å². The van der Waals surface area contributed by atoms with E-state index >= 15 is 0 Å². The number of carbonyl (C=O) groups excluding carboxylic acids is 1. The van der Waals surface area contributed by atoms with Gasteiger partial charge in [0.1, 0.15) is 5.69 Å². The van der Waals surface area contributed by atoms with Crippen LogP contribution in [0.3, 0.4) is 0 Å². The summed E-state index contributed by atoms with van der Waals surface area (Å²) in [5.74, 6) is -1.59. The van der Waals surface area contributed by atoms with Gasteiger partial charge in [-0.2, -0.15) is 0 Å². The van der Waals surface area contributed by atoms with Gasteiger partial charge in [-0.25, -0.2) is 14.4 Å². The molecule has 0 atom stereocenters. The van der Waals surface area contributed by atoms with Crippen molar-refractivity contribution >= 4 is 5.97 Å². The molecule has 0 aliphatic rings. The molecule has 6 nitrogen and oxygen atoms in total. The molecule has 1 rings (SSSR count). The van der Waals surface area contributed by atoms with Gasteiger partial charge >= 0.3 is 17.4 Å². The fraction of sp³-hybridized carbons (Fsp3) is 0.444. The highest BCUT2D eigenvalue weighted by Gasteiger charge is 2.18. The molecule has 0 unspecified atom stereocenters. The number of hydrogen-bond donors (Lipinski definition) is 0. The van der Waals surface area contributed by atoms with E-state index in [2.05, 4.69) is 4.42 Å². The first-order valence-corrected chi connectivity index (χ1v) is 4.36. The molecule has 82 valence electrons. The van der Waals surface area contributed by atoms with Crippen LogP contribution in [0.4, 0.5) is 0 Å². The fourth-order valence-electron chi connectivity index (χ4n) is 1.15. The molecule has 1 aromatic rings. The smallest absolute Gasteiger partial charge is 0.422 e. The molecule has 0 N–H and O–H groups in total. The summed E-state index contributed by atoms with van der Waals surface area (Å²) in [5.41, 5.74) is -0.824. The van der Waals surface area contributed by atoms with Crippen LogP contribution in [0.1, 0.15) is 23.0 Å². The van der Waals surface area contributed by atoms with Crippen LogP contribution in [0.5, 0.6) is 0 Å². The van der Waals surface area contributed by atoms with Gasteiger partial charge in [0.05, 0.1) is 12.2 Å². The maximum absolute atomic E-state index is 11.4. The quantitative estimate of drug-likeness (QED) is 0.637. The lowest BCUT2D eigenvalue weighted by Crippen LogP contribution is -2.30. The minimum absolute atomic E-state index is 0.0653. The zero-order valence-corrected chi connectivity index (χ0v) is 8.70. The van der Waals surface area contributed by atoms with Gasteiger partial charge in [0.15, 0.2) is 0 Å². The molecule has 0 aromatic carbocycles. The number of nitrogens with zero attached hydrogens (tertiary/aromatic N) is 1. The Morgan fingerprint density at radius 2 is 2.07 bits per heavy atom. The van der Waals surface area contributed by atoms with E-state index in [0.717, 1.165) is 4.57 Å². The van der Waals surface area contributed by atoms with Gasteiger partial charge in [0.25, 0.3) is 0 Å². The van der Waals surface area contributed by atoms with E-state index < -0.39 is 17.4 Å². The van der Waals surface area contributed by atoms with Crippen molar-refractivity contribution in [1.29, 1.82) is 0 Å². The molecule has 0 saturated heterocycles. The summed E-state index contributed by atoms with van der Waals surface area (Å²) in [4.78, 5) is 33.7. The Kier molecular flexibility index (Phi) is 3.08. The highest BCUT2D eigenvalue weighted by atomic mass is 16.5. The zero-order chi connectivity index (χ0) is 11.6. The van der Waals surface area contributed by atoms with E-state index in [9.17, 15) is 14.4 Å². The highest BCUT2D eigenvalue weighted by molar-refractivity contribution is 5.88. The standard InChI is InChI=1S/C9H11NO5/c1-4-14-8(12)6-5(2)7(11)15-9(13)10(6)3/h4H2,1-3H3. The minimum Gasteiger partial charge on any atom is -0.461 e. The summed E-state index contributed by atoms with van der Waals surface area (Å²) < 4.78 is 10.0. The van der Waals surface area contributed by atoms with Gasteiger partial charge in [-0.1, -0.05) is 0 Å². The third-order valence-electron chi connectivity index (χ3n) is 1.92. The predicted molar refractivity (Wildman–Crippen MR) is 50.9 cm³/mol. The van der Waals surface area contributed by atoms with Crippen LogP contribution in [0, 0.1) is 6.92 Å². The molecule has 0 amide bonds. The van der Waals surface area contributed by atoms with Gasteiger partial charge in [-0.15, -0.1) is 0 Å². The van der Waals surface area contributed by atoms with Crippen molar-refractivity contribution in [3.63, 3.8) is 0 Å². The normalized spacial score (nSPS) is 10.1. The Labute approximate surface area is 85.1 Å². The first-order valence-electron chi connectivity index (χ1n) is 4.36. The van der Waals surface area contributed by atoms with Gasteiger partial charge in [0, 0.05) is 7.05 Å². The zero-order valence-electron chi connectivity index (χ0n) is 8.70. The summed E-state index contributed by atoms with van der Waals surface area (Å²) in [6.45, 7) is 3.21. The van der Waals surface area contributed by atoms with Gasteiger partial charge in [-0.3, -0.25) is 4.57 Å². The lowest BCUT2D eigenvalue weighted by atomic mass is 10.2. The van der Waals surface area contributed by atoms with E-state index in [1.54, 1.807) is 6.92 Å². The molecule has 6 heteroatoms. The molecule has 1 heterocycles. The first kappa shape index (κ1) is 11.2. The van der Waals surface area contributed by atoms with Crippen molar-refractivity contribution in [1.82, 2.24) is 4.57 Å². The van der Waals surface area contributed by atoms with Crippen molar-refractivity contribution in [2.24, 2.45) is 7.05 Å². The largest absolute Gasteiger partial charge is 0.461 e. The fourth-order valence-corrected chi connectivity index (χ4v) is 1.15. The molecule has 0 radical (unpaired) electrons. The summed E-state index contributed by atoms with van der Waals surface area (Å²) in [7, 11) is 1.34. The molecule has 0 aliphatic heterocycles. The summed E-state index contributed by atoms with van der Waals surface area (Å²) in [6.07, 6.45) is 0. The molecule has 1 aromatic heterocycles. The Hall–Kier alpha value is -1.85. The number of ether oxygens (including phenoxy) is 1. The van der Waals surface area contributed by atoms with Crippen LogP contribution in [-0.4, -0.2) is 17.1 Å². The second kappa shape index (κ2) is 4.12. The van der Waals surface area contributed by atoms with Crippen LogP contribution in [0.15, 0.2) is 14.0 Å². The lowest BCUT2D eigenvalue weighted by molar-refractivity contribution is 0.0508. The molecular formula is C9H11NO5. The maximum Gasteiger partial charge on any atom is 0.422 e. The van der Waals surface area contributed by atoms with Crippen LogP contribution in [0.25, 0.3) is 0 Å². The molecule has 0 spiro atoms. The average Bonchev–Trinajstić information content (AvgIpc) is 2.16. The summed E-state index contributed by atoms with van der Waals surface area (Å²) in [6, 6.07) is 0. The Balaban J connectivity index is 3.46. The Morgan fingerprint density at radius 1 is 1.47 bits per heavy atom.